The lowest BCUT2D eigenvalue weighted by Gasteiger charge is -2.33. The van der Waals surface area contributed by atoms with Crippen LogP contribution in [0.3, 0.4) is 0 Å². The van der Waals surface area contributed by atoms with Gasteiger partial charge in [0.05, 0.1) is 7.11 Å². The Morgan fingerprint density at radius 1 is 1.09 bits per heavy atom. The molecule has 0 aliphatic carbocycles. The van der Waals surface area contributed by atoms with E-state index in [1.54, 1.807) is 36.3 Å². The summed E-state index contributed by atoms with van der Waals surface area (Å²) >= 11 is 5.90. The van der Waals surface area contributed by atoms with Gasteiger partial charge >= 0.3 is 0 Å². The number of ether oxygens (including phenoxy) is 1. The molecule has 0 radical (unpaired) electrons. The minimum Gasteiger partial charge on any atom is -0.496 e. The Balaban J connectivity index is 1.58. The van der Waals surface area contributed by atoms with Crippen molar-refractivity contribution in [1.29, 1.82) is 0 Å². The molecule has 1 fully saturated rings. The maximum Gasteiger partial charge on any atom is 0.253 e. The Labute approximate surface area is 193 Å². The second-order valence-corrected chi connectivity index (χ2v) is 8.29. The number of hydrogen-bond donors (Lipinski definition) is 2. The van der Waals surface area contributed by atoms with Crippen LogP contribution in [0.1, 0.15) is 35.7 Å². The van der Waals surface area contributed by atoms with E-state index in [1.165, 1.54) is 6.92 Å². The largest absolute Gasteiger partial charge is 0.496 e. The van der Waals surface area contributed by atoms with Gasteiger partial charge in [-0.2, -0.15) is 0 Å². The fraction of sp³-hybridized carbons (Fsp3) is 0.375. The average Bonchev–Trinajstić information content (AvgIpc) is 2.79. The summed E-state index contributed by atoms with van der Waals surface area (Å²) in [7, 11) is 1.57. The topological polar surface area (TPSA) is 87.7 Å². The molecular formula is C24H28ClN3O4. The Morgan fingerprint density at radius 3 is 2.38 bits per heavy atom. The summed E-state index contributed by atoms with van der Waals surface area (Å²) in [4.78, 5) is 39.1. The molecule has 1 heterocycles. The number of carbonyl (C=O) groups is 3. The second kappa shape index (κ2) is 11.0. The van der Waals surface area contributed by atoms with Crippen molar-refractivity contribution in [3.8, 4) is 5.75 Å². The zero-order chi connectivity index (χ0) is 23.1. The lowest BCUT2D eigenvalue weighted by atomic mass is 10.0. The standard InChI is InChI=1S/C24H28ClN3O4/c1-16(29)26-21(15-18-5-3-4-6-22(18)32-2)23(30)27-20-11-13-28(14-12-20)24(31)17-7-9-19(25)10-8-17/h3-10,20-21H,11-15H2,1-2H3,(H,26,29)(H,27,30)/t21-/m1/s1. The normalized spacial score (nSPS) is 15.0. The Bertz CT molecular complexity index is 956. The highest BCUT2D eigenvalue weighted by molar-refractivity contribution is 6.30. The molecule has 1 saturated heterocycles. The van der Waals surface area contributed by atoms with Crippen molar-refractivity contribution in [2.24, 2.45) is 0 Å². The minimum absolute atomic E-state index is 0.0428. The van der Waals surface area contributed by atoms with E-state index in [0.29, 0.717) is 48.7 Å². The van der Waals surface area contributed by atoms with Crippen LogP contribution in [0.15, 0.2) is 48.5 Å². The van der Waals surface area contributed by atoms with Crippen molar-refractivity contribution in [3.63, 3.8) is 0 Å². The first kappa shape index (κ1) is 23.6. The van der Waals surface area contributed by atoms with Crippen LogP contribution in [-0.4, -0.2) is 54.9 Å². The van der Waals surface area contributed by atoms with Crippen LogP contribution in [0.4, 0.5) is 0 Å². The fourth-order valence-electron chi connectivity index (χ4n) is 3.85. The van der Waals surface area contributed by atoms with Crippen molar-refractivity contribution in [1.82, 2.24) is 15.5 Å². The number of nitrogens with zero attached hydrogens (tertiary/aromatic N) is 1. The van der Waals surface area contributed by atoms with Gasteiger partial charge in [0, 0.05) is 43.1 Å². The smallest absolute Gasteiger partial charge is 0.253 e. The summed E-state index contributed by atoms with van der Waals surface area (Å²) in [5, 5.41) is 6.37. The lowest BCUT2D eigenvalue weighted by Crippen LogP contribution is -2.53. The van der Waals surface area contributed by atoms with Gasteiger partial charge in [0.15, 0.2) is 0 Å². The molecule has 1 aliphatic rings. The van der Waals surface area contributed by atoms with Crippen molar-refractivity contribution < 1.29 is 19.1 Å². The minimum atomic E-state index is -0.711. The predicted octanol–water partition coefficient (Wildman–Crippen LogP) is 2.82. The third-order valence-corrected chi connectivity index (χ3v) is 5.78. The zero-order valence-electron chi connectivity index (χ0n) is 18.3. The van der Waals surface area contributed by atoms with Gasteiger partial charge in [0.1, 0.15) is 11.8 Å². The Morgan fingerprint density at radius 2 is 1.75 bits per heavy atom. The van der Waals surface area contributed by atoms with E-state index in [9.17, 15) is 14.4 Å². The number of hydrogen-bond acceptors (Lipinski definition) is 4. The lowest BCUT2D eigenvalue weighted by molar-refractivity contribution is -0.128. The van der Waals surface area contributed by atoms with Crippen LogP contribution in [0.2, 0.25) is 5.02 Å². The molecule has 3 rings (SSSR count). The molecule has 0 bridgehead atoms. The molecule has 7 nitrogen and oxygen atoms in total. The van der Waals surface area contributed by atoms with Gasteiger partial charge in [-0.25, -0.2) is 0 Å². The Hall–Kier alpha value is -3.06. The monoisotopic (exact) mass is 457 g/mol. The van der Waals surface area contributed by atoms with Gasteiger partial charge in [-0.3, -0.25) is 14.4 Å². The van der Waals surface area contributed by atoms with Gasteiger partial charge in [0.25, 0.3) is 5.91 Å². The maximum absolute atomic E-state index is 13.0. The van der Waals surface area contributed by atoms with Crippen LogP contribution >= 0.6 is 11.6 Å². The van der Waals surface area contributed by atoms with Crippen molar-refractivity contribution in [3.05, 3.63) is 64.7 Å². The third kappa shape index (κ3) is 6.23. The molecule has 0 unspecified atom stereocenters. The first-order valence-electron chi connectivity index (χ1n) is 10.6. The van der Waals surface area contributed by atoms with E-state index >= 15 is 0 Å². The predicted molar refractivity (Wildman–Crippen MR) is 123 cm³/mol. The molecular weight excluding hydrogens is 430 g/mol. The first-order chi connectivity index (χ1) is 15.4. The van der Waals surface area contributed by atoms with Gasteiger partial charge in [-0.15, -0.1) is 0 Å². The summed E-state index contributed by atoms with van der Waals surface area (Å²) in [6, 6.07) is 13.5. The van der Waals surface area contributed by atoms with Crippen LogP contribution in [-0.2, 0) is 16.0 Å². The molecule has 8 heteroatoms. The van der Waals surface area contributed by atoms with Gasteiger partial charge in [-0.05, 0) is 48.7 Å². The molecule has 2 aromatic carbocycles. The quantitative estimate of drug-likeness (QED) is 0.669. The highest BCUT2D eigenvalue weighted by Crippen LogP contribution is 2.20. The summed E-state index contributed by atoms with van der Waals surface area (Å²) in [5.41, 5.74) is 1.44. The number of methoxy groups -OCH3 is 1. The SMILES string of the molecule is COc1ccccc1C[C@@H](NC(C)=O)C(=O)NC1CCN(C(=O)c2ccc(Cl)cc2)CC1. The second-order valence-electron chi connectivity index (χ2n) is 7.85. The number of piperidine rings is 1. The molecule has 32 heavy (non-hydrogen) atoms. The van der Waals surface area contributed by atoms with Crippen molar-refractivity contribution in [2.45, 2.75) is 38.3 Å². The summed E-state index contributed by atoms with van der Waals surface area (Å²) in [6.07, 6.45) is 1.61. The summed E-state index contributed by atoms with van der Waals surface area (Å²) < 4.78 is 5.37. The van der Waals surface area contributed by atoms with Crippen LogP contribution in [0.25, 0.3) is 0 Å². The van der Waals surface area contributed by atoms with E-state index in [4.69, 9.17) is 16.3 Å². The van der Waals surface area contributed by atoms with E-state index in [1.807, 2.05) is 24.3 Å². The summed E-state index contributed by atoms with van der Waals surface area (Å²) in [5.74, 6) is 0.112. The fourth-order valence-corrected chi connectivity index (χ4v) is 3.98. The van der Waals surface area contributed by atoms with E-state index in [0.717, 1.165) is 5.56 Å². The van der Waals surface area contributed by atoms with Crippen LogP contribution in [0, 0.1) is 0 Å². The number of amides is 3. The van der Waals surface area contributed by atoms with Crippen molar-refractivity contribution >= 4 is 29.3 Å². The molecule has 0 spiro atoms. The molecule has 170 valence electrons. The number of para-hydroxylation sites is 1. The molecule has 0 aromatic heterocycles. The third-order valence-electron chi connectivity index (χ3n) is 5.53. The van der Waals surface area contributed by atoms with E-state index in [-0.39, 0.29) is 23.8 Å². The highest BCUT2D eigenvalue weighted by Gasteiger charge is 2.28. The zero-order valence-corrected chi connectivity index (χ0v) is 19.0. The van der Waals surface area contributed by atoms with Crippen molar-refractivity contribution in [2.75, 3.05) is 20.2 Å². The number of carbonyl (C=O) groups excluding carboxylic acids is 3. The number of benzene rings is 2. The molecule has 0 saturated carbocycles. The number of nitrogens with one attached hydrogen (secondary N) is 2. The van der Waals surface area contributed by atoms with E-state index < -0.39 is 6.04 Å². The van der Waals surface area contributed by atoms with Gasteiger partial charge in [0.2, 0.25) is 11.8 Å². The number of halogens is 1. The first-order valence-corrected chi connectivity index (χ1v) is 11.0. The summed E-state index contributed by atoms with van der Waals surface area (Å²) in [6.45, 7) is 2.48. The van der Waals surface area contributed by atoms with Gasteiger partial charge < -0.3 is 20.3 Å². The number of rotatable bonds is 7. The average molecular weight is 458 g/mol. The molecule has 2 aromatic rings. The van der Waals surface area contributed by atoms with E-state index in [2.05, 4.69) is 10.6 Å². The van der Waals surface area contributed by atoms with Gasteiger partial charge in [-0.1, -0.05) is 29.8 Å². The molecule has 3 amide bonds. The Kier molecular flexibility index (Phi) is 8.11. The van der Waals surface area contributed by atoms with Crippen LogP contribution in [0.5, 0.6) is 5.75 Å². The highest BCUT2D eigenvalue weighted by atomic mass is 35.5. The molecule has 1 aliphatic heterocycles. The molecule has 2 N–H and O–H groups in total. The maximum atomic E-state index is 13.0. The van der Waals surface area contributed by atoms with Crippen LogP contribution < -0.4 is 15.4 Å². The molecule has 1 atom stereocenters. The number of likely N-dealkylation sites (tertiary alicyclic amines) is 1.